The minimum absolute atomic E-state index is 0.0630. The maximum Gasteiger partial charge on any atom is 0.240 e. The molecule has 1 atom stereocenters. The Bertz CT molecular complexity index is 232. The standard InChI is InChI=1S/C9H14ClNO2/c1-6(10)8(12)11-4-9(13,5-11)7-2-3-7/h6-7,13H,2-5H2,1H3. The molecule has 13 heavy (non-hydrogen) atoms. The van der Waals surface area contributed by atoms with Crippen LogP contribution in [0.15, 0.2) is 0 Å². The van der Waals surface area contributed by atoms with Crippen LogP contribution in [0, 0.1) is 5.92 Å². The molecule has 0 bridgehead atoms. The van der Waals surface area contributed by atoms with Gasteiger partial charge in [-0.2, -0.15) is 0 Å². The fourth-order valence-corrected chi connectivity index (χ4v) is 2.04. The quantitative estimate of drug-likeness (QED) is 0.668. The van der Waals surface area contributed by atoms with Crippen molar-refractivity contribution in [1.82, 2.24) is 4.90 Å². The molecular weight excluding hydrogens is 190 g/mol. The zero-order valence-corrected chi connectivity index (χ0v) is 8.42. The minimum atomic E-state index is -0.582. The normalized spacial score (nSPS) is 28.1. The smallest absolute Gasteiger partial charge is 0.240 e. The molecule has 0 aromatic rings. The van der Waals surface area contributed by atoms with Crippen molar-refractivity contribution in [2.75, 3.05) is 13.1 Å². The number of β-amino-alcohol motifs (C(OH)–C–C–N with tert-alkyl or cyclic N) is 1. The highest BCUT2D eigenvalue weighted by Crippen LogP contribution is 2.44. The van der Waals surface area contributed by atoms with E-state index < -0.39 is 11.0 Å². The van der Waals surface area contributed by atoms with Gasteiger partial charge in [-0.3, -0.25) is 4.79 Å². The van der Waals surface area contributed by atoms with Crippen LogP contribution in [-0.4, -0.2) is 40.0 Å². The van der Waals surface area contributed by atoms with Crippen LogP contribution in [0.25, 0.3) is 0 Å². The molecule has 0 aromatic carbocycles. The van der Waals surface area contributed by atoms with E-state index in [0.29, 0.717) is 19.0 Å². The Balaban J connectivity index is 1.86. The van der Waals surface area contributed by atoms with E-state index in [1.54, 1.807) is 11.8 Å². The van der Waals surface area contributed by atoms with E-state index >= 15 is 0 Å². The number of likely N-dealkylation sites (tertiary alicyclic amines) is 1. The first-order chi connectivity index (χ1) is 6.03. The van der Waals surface area contributed by atoms with Gasteiger partial charge < -0.3 is 10.0 Å². The first-order valence-electron chi connectivity index (χ1n) is 4.68. The van der Waals surface area contributed by atoms with Crippen LogP contribution in [0.3, 0.4) is 0 Å². The third kappa shape index (κ3) is 1.55. The summed E-state index contributed by atoms with van der Waals surface area (Å²) in [7, 11) is 0. The van der Waals surface area contributed by atoms with Gasteiger partial charge in [0.2, 0.25) is 5.91 Å². The average molecular weight is 204 g/mol. The number of alkyl halides is 1. The lowest BCUT2D eigenvalue weighted by Gasteiger charge is -2.47. The Morgan fingerprint density at radius 2 is 2.15 bits per heavy atom. The number of carbonyl (C=O) groups is 1. The maximum absolute atomic E-state index is 11.3. The van der Waals surface area contributed by atoms with Gasteiger partial charge in [0.15, 0.2) is 0 Å². The second kappa shape index (κ2) is 2.85. The summed E-state index contributed by atoms with van der Waals surface area (Å²) in [6.45, 7) is 2.62. The van der Waals surface area contributed by atoms with Gasteiger partial charge in [0, 0.05) is 0 Å². The molecule has 0 spiro atoms. The first-order valence-corrected chi connectivity index (χ1v) is 5.12. The summed E-state index contributed by atoms with van der Waals surface area (Å²) in [5.74, 6) is 0.370. The Morgan fingerprint density at radius 3 is 2.54 bits per heavy atom. The molecule has 0 radical (unpaired) electrons. The van der Waals surface area contributed by atoms with E-state index in [-0.39, 0.29) is 5.91 Å². The predicted molar refractivity (Wildman–Crippen MR) is 49.6 cm³/mol. The zero-order valence-electron chi connectivity index (χ0n) is 7.66. The summed E-state index contributed by atoms with van der Waals surface area (Å²) in [5.41, 5.74) is -0.582. The summed E-state index contributed by atoms with van der Waals surface area (Å²) < 4.78 is 0. The topological polar surface area (TPSA) is 40.5 Å². The third-order valence-corrected chi connectivity index (χ3v) is 3.11. The van der Waals surface area contributed by atoms with Gasteiger partial charge in [0.1, 0.15) is 11.0 Å². The second-order valence-corrected chi connectivity index (χ2v) is 4.84. The van der Waals surface area contributed by atoms with Crippen molar-refractivity contribution in [2.24, 2.45) is 5.92 Å². The number of halogens is 1. The van der Waals surface area contributed by atoms with E-state index in [9.17, 15) is 9.90 Å². The summed E-state index contributed by atoms with van der Waals surface area (Å²) in [5, 5.41) is 9.45. The molecule has 1 aliphatic heterocycles. The number of amides is 1. The van der Waals surface area contributed by atoms with Crippen LogP contribution >= 0.6 is 11.6 Å². The van der Waals surface area contributed by atoms with Crippen LogP contribution in [-0.2, 0) is 4.79 Å². The van der Waals surface area contributed by atoms with Gasteiger partial charge in [-0.15, -0.1) is 11.6 Å². The Morgan fingerprint density at radius 1 is 1.62 bits per heavy atom. The monoisotopic (exact) mass is 203 g/mol. The molecule has 0 aromatic heterocycles. The van der Waals surface area contributed by atoms with Crippen molar-refractivity contribution in [3.05, 3.63) is 0 Å². The Kier molecular flexibility index (Phi) is 2.04. The molecule has 1 heterocycles. The van der Waals surface area contributed by atoms with Gasteiger partial charge in [-0.25, -0.2) is 0 Å². The lowest BCUT2D eigenvalue weighted by molar-refractivity contribution is -0.158. The highest BCUT2D eigenvalue weighted by Gasteiger charge is 2.53. The van der Waals surface area contributed by atoms with Crippen LogP contribution in [0.5, 0.6) is 0 Å². The average Bonchev–Trinajstić information content (AvgIpc) is 2.79. The van der Waals surface area contributed by atoms with Crippen molar-refractivity contribution >= 4 is 17.5 Å². The third-order valence-electron chi connectivity index (χ3n) is 2.92. The molecule has 1 saturated heterocycles. The summed E-state index contributed by atoms with van der Waals surface area (Å²) in [4.78, 5) is 13.0. The predicted octanol–water partition coefficient (Wildman–Crippen LogP) is 0.597. The Hall–Kier alpha value is -0.280. The minimum Gasteiger partial charge on any atom is -0.386 e. The van der Waals surface area contributed by atoms with E-state index in [1.807, 2.05) is 0 Å². The molecule has 2 rings (SSSR count). The molecule has 3 nitrogen and oxygen atoms in total. The zero-order chi connectivity index (χ0) is 9.64. The lowest BCUT2D eigenvalue weighted by atomic mass is 9.88. The van der Waals surface area contributed by atoms with Crippen molar-refractivity contribution < 1.29 is 9.90 Å². The van der Waals surface area contributed by atoms with E-state index in [2.05, 4.69) is 0 Å². The van der Waals surface area contributed by atoms with Crippen molar-refractivity contribution in [2.45, 2.75) is 30.7 Å². The number of hydrogen-bond donors (Lipinski definition) is 1. The molecule has 2 aliphatic rings. The summed E-state index contributed by atoms with van der Waals surface area (Å²) >= 11 is 5.65. The molecule has 1 aliphatic carbocycles. The highest BCUT2D eigenvalue weighted by molar-refractivity contribution is 6.30. The maximum atomic E-state index is 11.3. The fraction of sp³-hybridized carbons (Fsp3) is 0.889. The van der Waals surface area contributed by atoms with Gasteiger partial charge in [0.25, 0.3) is 0 Å². The van der Waals surface area contributed by atoms with Crippen molar-refractivity contribution in [1.29, 1.82) is 0 Å². The van der Waals surface area contributed by atoms with Crippen molar-refractivity contribution in [3.63, 3.8) is 0 Å². The van der Waals surface area contributed by atoms with Gasteiger partial charge >= 0.3 is 0 Å². The molecule has 1 unspecified atom stereocenters. The van der Waals surface area contributed by atoms with Crippen LogP contribution < -0.4 is 0 Å². The van der Waals surface area contributed by atoms with E-state index in [0.717, 1.165) is 12.8 Å². The number of rotatable bonds is 2. The number of carbonyl (C=O) groups excluding carboxylic acids is 1. The molecule has 1 N–H and O–H groups in total. The molecule has 1 amide bonds. The number of nitrogens with zero attached hydrogens (tertiary/aromatic N) is 1. The van der Waals surface area contributed by atoms with Crippen LogP contribution in [0.1, 0.15) is 19.8 Å². The lowest BCUT2D eigenvalue weighted by Crippen LogP contribution is -2.65. The van der Waals surface area contributed by atoms with Gasteiger partial charge in [-0.05, 0) is 25.7 Å². The second-order valence-electron chi connectivity index (χ2n) is 4.19. The molecular formula is C9H14ClNO2. The fourth-order valence-electron chi connectivity index (χ4n) is 1.90. The summed E-state index contributed by atoms with van der Waals surface area (Å²) in [6.07, 6.45) is 2.21. The largest absolute Gasteiger partial charge is 0.386 e. The van der Waals surface area contributed by atoms with E-state index in [4.69, 9.17) is 11.6 Å². The number of hydrogen-bond acceptors (Lipinski definition) is 2. The molecule has 74 valence electrons. The van der Waals surface area contributed by atoms with Crippen molar-refractivity contribution in [3.8, 4) is 0 Å². The number of aliphatic hydroxyl groups is 1. The van der Waals surface area contributed by atoms with Gasteiger partial charge in [-0.1, -0.05) is 0 Å². The molecule has 2 fully saturated rings. The summed E-state index contributed by atoms with van der Waals surface area (Å²) in [6, 6.07) is 0. The highest BCUT2D eigenvalue weighted by atomic mass is 35.5. The molecule has 1 saturated carbocycles. The van der Waals surface area contributed by atoms with Gasteiger partial charge in [0.05, 0.1) is 13.1 Å². The first kappa shape index (κ1) is 9.28. The van der Waals surface area contributed by atoms with E-state index in [1.165, 1.54) is 0 Å². The SMILES string of the molecule is CC(Cl)C(=O)N1CC(O)(C2CC2)C1. The Labute approximate surface area is 82.7 Å². The van der Waals surface area contributed by atoms with Crippen LogP contribution in [0.2, 0.25) is 0 Å². The molecule has 4 heteroatoms. The van der Waals surface area contributed by atoms with Crippen LogP contribution in [0.4, 0.5) is 0 Å².